The zero-order valence-corrected chi connectivity index (χ0v) is 18.2. The molecular formula is C23H24N8O. The van der Waals surface area contributed by atoms with Gasteiger partial charge in [0.2, 0.25) is 0 Å². The molecule has 5 rings (SSSR count). The molecule has 1 N–H and O–H groups in total. The molecule has 162 valence electrons. The average molecular weight is 429 g/mol. The number of carbonyl (C=O) groups is 1. The Morgan fingerprint density at radius 2 is 1.94 bits per heavy atom. The van der Waals surface area contributed by atoms with Gasteiger partial charge in [0, 0.05) is 73.5 Å². The van der Waals surface area contributed by atoms with E-state index in [1.807, 2.05) is 19.4 Å². The molecule has 1 fully saturated rings. The first-order valence-corrected chi connectivity index (χ1v) is 10.4. The van der Waals surface area contributed by atoms with E-state index in [0.29, 0.717) is 17.4 Å². The van der Waals surface area contributed by atoms with Gasteiger partial charge in [-0.1, -0.05) is 0 Å². The van der Waals surface area contributed by atoms with E-state index in [9.17, 15) is 4.79 Å². The van der Waals surface area contributed by atoms with Crippen LogP contribution in [0.2, 0.25) is 0 Å². The van der Waals surface area contributed by atoms with Crippen molar-refractivity contribution in [2.45, 2.75) is 6.04 Å². The Labute approximate surface area is 185 Å². The number of rotatable bonds is 5. The highest BCUT2D eigenvalue weighted by molar-refractivity contribution is 6.04. The number of hydrogen-bond donors (Lipinski definition) is 1. The number of aromatic nitrogens is 5. The molecule has 0 bridgehead atoms. The van der Waals surface area contributed by atoms with Gasteiger partial charge in [-0.05, 0) is 32.3 Å². The third-order valence-electron chi connectivity index (χ3n) is 5.77. The summed E-state index contributed by atoms with van der Waals surface area (Å²) in [7, 11) is 6.11. The molecule has 5 heterocycles. The molecular weight excluding hydrogens is 404 g/mol. The fraction of sp³-hybridized carbons (Fsp3) is 0.261. The number of anilines is 2. The van der Waals surface area contributed by atoms with Gasteiger partial charge in [-0.25, -0.2) is 9.97 Å². The number of fused-ring (bicyclic) bond motifs is 1. The van der Waals surface area contributed by atoms with Crippen LogP contribution in [-0.2, 0) is 7.05 Å². The Morgan fingerprint density at radius 3 is 2.62 bits per heavy atom. The van der Waals surface area contributed by atoms with E-state index in [-0.39, 0.29) is 5.91 Å². The van der Waals surface area contributed by atoms with Crippen LogP contribution in [0.3, 0.4) is 0 Å². The van der Waals surface area contributed by atoms with Crippen LogP contribution in [0.5, 0.6) is 0 Å². The third-order valence-corrected chi connectivity index (χ3v) is 5.77. The molecule has 9 heteroatoms. The van der Waals surface area contributed by atoms with E-state index in [1.165, 1.54) is 0 Å². The minimum Gasteiger partial charge on any atom is -0.366 e. The molecule has 9 nitrogen and oxygen atoms in total. The highest BCUT2D eigenvalue weighted by Gasteiger charge is 2.31. The number of nitrogens with one attached hydrogen (secondary N) is 1. The highest BCUT2D eigenvalue weighted by Crippen LogP contribution is 2.35. The largest absolute Gasteiger partial charge is 0.366 e. The lowest BCUT2D eigenvalue weighted by Crippen LogP contribution is -2.57. The lowest BCUT2D eigenvalue weighted by Gasteiger charge is -2.44. The number of likely N-dealkylation sites (N-methyl/N-ethyl adjacent to an activating group) is 1. The second-order valence-electron chi connectivity index (χ2n) is 8.23. The number of hydrogen-bond acceptors (Lipinski definition) is 7. The normalized spacial score (nSPS) is 14.1. The molecule has 0 saturated carbocycles. The number of aryl methyl sites for hydroxylation is 1. The van der Waals surface area contributed by atoms with Gasteiger partial charge in [0.25, 0.3) is 5.91 Å². The standard InChI is InChI=1S/C23H24N8O/c1-29(2)18-13-31(14-18)20-8-16-10-25-21(28-23(32)15-4-6-24-7-5-15)9-19(16)27-22(20)17-11-26-30(3)12-17/h4-12,18H,13-14H2,1-3H3,(H,25,28,32). The van der Waals surface area contributed by atoms with Crippen molar-refractivity contribution in [2.75, 3.05) is 37.4 Å². The van der Waals surface area contributed by atoms with Gasteiger partial charge >= 0.3 is 0 Å². The maximum Gasteiger partial charge on any atom is 0.256 e. The summed E-state index contributed by atoms with van der Waals surface area (Å²) in [4.78, 5) is 30.4. The maximum atomic E-state index is 12.5. The van der Waals surface area contributed by atoms with E-state index < -0.39 is 0 Å². The monoisotopic (exact) mass is 428 g/mol. The Balaban J connectivity index is 1.51. The minimum atomic E-state index is -0.237. The first kappa shape index (κ1) is 20.1. The first-order valence-electron chi connectivity index (χ1n) is 10.4. The van der Waals surface area contributed by atoms with Gasteiger partial charge in [-0.2, -0.15) is 5.10 Å². The smallest absolute Gasteiger partial charge is 0.256 e. The van der Waals surface area contributed by atoms with Crippen LogP contribution in [0, 0.1) is 0 Å². The van der Waals surface area contributed by atoms with Gasteiger partial charge in [0.15, 0.2) is 0 Å². The molecule has 0 unspecified atom stereocenters. The van der Waals surface area contributed by atoms with Crippen molar-refractivity contribution in [3.63, 3.8) is 0 Å². The van der Waals surface area contributed by atoms with Crippen LogP contribution >= 0.6 is 0 Å². The second kappa shape index (κ2) is 8.01. The van der Waals surface area contributed by atoms with Gasteiger partial charge in [-0.15, -0.1) is 0 Å². The maximum absolute atomic E-state index is 12.5. The minimum absolute atomic E-state index is 0.237. The molecule has 0 aliphatic carbocycles. The van der Waals surface area contributed by atoms with Crippen LogP contribution in [-0.4, -0.2) is 68.8 Å². The van der Waals surface area contributed by atoms with Crippen molar-refractivity contribution in [3.05, 3.63) is 60.8 Å². The number of pyridine rings is 3. The molecule has 32 heavy (non-hydrogen) atoms. The Hall–Kier alpha value is -3.85. The summed E-state index contributed by atoms with van der Waals surface area (Å²) in [6.45, 7) is 1.89. The Bertz CT molecular complexity index is 1280. The van der Waals surface area contributed by atoms with Crippen LogP contribution in [0.15, 0.2) is 55.2 Å². The molecule has 1 aliphatic rings. The van der Waals surface area contributed by atoms with Crippen LogP contribution in [0.4, 0.5) is 11.5 Å². The van der Waals surface area contributed by atoms with Gasteiger partial charge in [0.1, 0.15) is 5.82 Å². The number of amides is 1. The summed E-state index contributed by atoms with van der Waals surface area (Å²) in [6, 6.07) is 7.77. The van der Waals surface area contributed by atoms with Crippen molar-refractivity contribution < 1.29 is 4.79 Å². The van der Waals surface area contributed by atoms with Gasteiger partial charge in [0.05, 0.1) is 23.1 Å². The fourth-order valence-corrected chi connectivity index (χ4v) is 3.79. The topological polar surface area (TPSA) is 92.1 Å². The van der Waals surface area contributed by atoms with Gasteiger partial charge < -0.3 is 15.1 Å². The SMILES string of the molecule is CN(C)C1CN(c2cc3cnc(NC(=O)c4ccncc4)cc3nc2-c2cnn(C)c2)C1. The van der Waals surface area contributed by atoms with Crippen molar-refractivity contribution in [3.8, 4) is 11.3 Å². The summed E-state index contributed by atoms with van der Waals surface area (Å²) >= 11 is 0. The molecule has 0 spiro atoms. The molecule has 4 aromatic heterocycles. The zero-order valence-electron chi connectivity index (χ0n) is 18.2. The first-order chi connectivity index (χ1) is 15.5. The molecule has 1 amide bonds. The summed E-state index contributed by atoms with van der Waals surface area (Å²) in [5, 5.41) is 8.09. The predicted molar refractivity (Wildman–Crippen MR) is 124 cm³/mol. The van der Waals surface area contributed by atoms with Crippen molar-refractivity contribution in [2.24, 2.45) is 7.05 Å². The summed E-state index contributed by atoms with van der Waals surface area (Å²) in [5.41, 5.74) is 4.18. The summed E-state index contributed by atoms with van der Waals surface area (Å²) < 4.78 is 1.77. The second-order valence-corrected chi connectivity index (χ2v) is 8.23. The molecule has 1 aliphatic heterocycles. The van der Waals surface area contributed by atoms with Crippen LogP contribution in [0.25, 0.3) is 22.2 Å². The lowest BCUT2D eigenvalue weighted by atomic mass is 10.0. The van der Waals surface area contributed by atoms with E-state index in [2.05, 4.69) is 50.3 Å². The van der Waals surface area contributed by atoms with E-state index in [0.717, 1.165) is 40.9 Å². The Kier molecular flexibility index (Phi) is 5.02. The summed E-state index contributed by atoms with van der Waals surface area (Å²) in [6.07, 6.45) is 8.72. The molecule has 4 aromatic rings. The highest BCUT2D eigenvalue weighted by atomic mass is 16.1. The molecule has 0 aromatic carbocycles. The average Bonchev–Trinajstić information content (AvgIpc) is 3.18. The summed E-state index contributed by atoms with van der Waals surface area (Å²) in [5.74, 6) is 0.215. The van der Waals surface area contributed by atoms with E-state index in [4.69, 9.17) is 4.98 Å². The van der Waals surface area contributed by atoms with E-state index >= 15 is 0 Å². The van der Waals surface area contributed by atoms with Crippen LogP contribution < -0.4 is 10.2 Å². The van der Waals surface area contributed by atoms with E-state index in [1.54, 1.807) is 41.5 Å². The molecule has 0 atom stereocenters. The lowest BCUT2D eigenvalue weighted by molar-refractivity contribution is 0.102. The molecule has 1 saturated heterocycles. The van der Waals surface area contributed by atoms with Crippen LogP contribution in [0.1, 0.15) is 10.4 Å². The van der Waals surface area contributed by atoms with Crippen molar-refractivity contribution in [1.82, 2.24) is 29.6 Å². The number of nitrogens with zero attached hydrogens (tertiary/aromatic N) is 7. The third kappa shape index (κ3) is 3.78. The van der Waals surface area contributed by atoms with Crippen molar-refractivity contribution >= 4 is 28.3 Å². The van der Waals surface area contributed by atoms with Gasteiger partial charge in [-0.3, -0.25) is 14.5 Å². The van der Waals surface area contributed by atoms with Crippen molar-refractivity contribution in [1.29, 1.82) is 0 Å². The fourth-order valence-electron chi connectivity index (χ4n) is 3.79. The predicted octanol–water partition coefficient (Wildman–Crippen LogP) is 2.43. The number of carbonyl (C=O) groups excluding carboxylic acids is 1. The molecule has 0 radical (unpaired) electrons. The zero-order chi connectivity index (χ0) is 22.2. The Morgan fingerprint density at radius 1 is 1.16 bits per heavy atom. The quantitative estimate of drug-likeness (QED) is 0.522.